The lowest BCUT2D eigenvalue weighted by Crippen LogP contribution is -2.26. The summed E-state index contributed by atoms with van der Waals surface area (Å²) in [5, 5.41) is 14.3. The first kappa shape index (κ1) is 17.7. The Kier molecular flexibility index (Phi) is 6.09. The largest absolute Gasteiger partial charge is 0.346 e. The molecular weight excluding hydrogens is 328 g/mol. The Hall–Kier alpha value is -2.66. The highest BCUT2D eigenvalue weighted by Gasteiger charge is 2.11. The molecule has 1 atom stereocenters. The first-order chi connectivity index (χ1) is 11.5. The van der Waals surface area contributed by atoms with Gasteiger partial charge in [0.15, 0.2) is 0 Å². The van der Waals surface area contributed by atoms with E-state index in [2.05, 4.69) is 5.32 Å². The van der Waals surface area contributed by atoms with Gasteiger partial charge < -0.3 is 5.32 Å². The molecular formula is C18H17ClN2O3. The fourth-order valence-electron chi connectivity index (χ4n) is 2.25. The third-order valence-corrected chi connectivity index (χ3v) is 3.76. The van der Waals surface area contributed by atoms with Crippen molar-refractivity contribution in [2.75, 3.05) is 0 Å². The third kappa shape index (κ3) is 4.93. The fourth-order valence-corrected chi connectivity index (χ4v) is 2.38. The van der Waals surface area contributed by atoms with E-state index >= 15 is 0 Å². The molecule has 5 nitrogen and oxygen atoms in total. The van der Waals surface area contributed by atoms with E-state index in [0.717, 1.165) is 12.0 Å². The average Bonchev–Trinajstić information content (AvgIpc) is 2.59. The number of rotatable bonds is 6. The molecule has 0 saturated heterocycles. The van der Waals surface area contributed by atoms with Gasteiger partial charge in [-0.05, 0) is 35.8 Å². The van der Waals surface area contributed by atoms with Crippen LogP contribution >= 0.6 is 11.6 Å². The van der Waals surface area contributed by atoms with Crippen molar-refractivity contribution in [1.29, 1.82) is 0 Å². The number of hydrogen-bond acceptors (Lipinski definition) is 3. The van der Waals surface area contributed by atoms with Crippen molar-refractivity contribution >= 4 is 29.3 Å². The number of amides is 1. The molecule has 2 aromatic carbocycles. The number of hydrogen-bond donors (Lipinski definition) is 1. The SMILES string of the molecule is CCC(NC(=O)/C=C/c1cccc([N+](=O)[O-])c1)c1ccc(Cl)cc1. The summed E-state index contributed by atoms with van der Waals surface area (Å²) < 4.78 is 0. The summed E-state index contributed by atoms with van der Waals surface area (Å²) in [6, 6.07) is 13.3. The minimum Gasteiger partial charge on any atom is -0.346 e. The minimum atomic E-state index is -0.467. The van der Waals surface area contributed by atoms with Crippen molar-refractivity contribution in [3.63, 3.8) is 0 Å². The van der Waals surface area contributed by atoms with Crippen LogP contribution in [0, 0.1) is 10.1 Å². The number of halogens is 1. The summed E-state index contributed by atoms with van der Waals surface area (Å²) in [6.45, 7) is 1.98. The number of nitro benzene ring substituents is 1. The average molecular weight is 345 g/mol. The number of non-ortho nitro benzene ring substituents is 1. The standard InChI is InChI=1S/C18H17ClN2O3/c1-2-17(14-7-9-15(19)10-8-14)20-18(22)11-6-13-4-3-5-16(12-13)21(23)24/h3-12,17H,2H2,1H3,(H,20,22)/b11-6+. The predicted molar refractivity (Wildman–Crippen MR) is 94.8 cm³/mol. The predicted octanol–water partition coefficient (Wildman–Crippen LogP) is 4.53. The Morgan fingerprint density at radius 1 is 1.29 bits per heavy atom. The van der Waals surface area contributed by atoms with E-state index in [9.17, 15) is 14.9 Å². The van der Waals surface area contributed by atoms with Crippen LogP contribution in [0.25, 0.3) is 6.08 Å². The van der Waals surface area contributed by atoms with Gasteiger partial charge in [0.05, 0.1) is 11.0 Å². The van der Waals surface area contributed by atoms with Crippen LogP contribution in [0.5, 0.6) is 0 Å². The van der Waals surface area contributed by atoms with Crippen molar-refractivity contribution < 1.29 is 9.72 Å². The lowest BCUT2D eigenvalue weighted by atomic mass is 10.0. The molecule has 0 aliphatic heterocycles. The van der Waals surface area contributed by atoms with Crippen LogP contribution in [-0.4, -0.2) is 10.8 Å². The van der Waals surface area contributed by atoms with Gasteiger partial charge in [0.25, 0.3) is 5.69 Å². The molecule has 0 aliphatic rings. The summed E-state index contributed by atoms with van der Waals surface area (Å²) in [6.07, 6.45) is 3.66. The van der Waals surface area contributed by atoms with Crippen LogP contribution in [0.3, 0.4) is 0 Å². The quantitative estimate of drug-likeness (QED) is 0.475. The van der Waals surface area contributed by atoms with Gasteiger partial charge in [0.2, 0.25) is 5.91 Å². The molecule has 2 rings (SSSR count). The molecule has 0 aliphatic carbocycles. The highest BCUT2D eigenvalue weighted by atomic mass is 35.5. The van der Waals surface area contributed by atoms with E-state index < -0.39 is 4.92 Å². The van der Waals surface area contributed by atoms with Crippen LogP contribution in [0.4, 0.5) is 5.69 Å². The normalized spacial score (nSPS) is 12.1. The van der Waals surface area contributed by atoms with Gasteiger partial charge in [-0.2, -0.15) is 0 Å². The zero-order chi connectivity index (χ0) is 17.5. The molecule has 1 N–H and O–H groups in total. The van der Waals surface area contributed by atoms with Gasteiger partial charge in [-0.3, -0.25) is 14.9 Å². The first-order valence-electron chi connectivity index (χ1n) is 7.48. The topological polar surface area (TPSA) is 72.2 Å². The second-order valence-corrected chi connectivity index (χ2v) is 5.64. The van der Waals surface area contributed by atoms with Crippen molar-refractivity contribution in [1.82, 2.24) is 5.32 Å². The van der Waals surface area contributed by atoms with E-state index in [4.69, 9.17) is 11.6 Å². The van der Waals surface area contributed by atoms with Crippen LogP contribution < -0.4 is 5.32 Å². The number of benzene rings is 2. The molecule has 1 amide bonds. The Bertz CT molecular complexity index is 757. The van der Waals surface area contributed by atoms with Gasteiger partial charge >= 0.3 is 0 Å². The van der Waals surface area contributed by atoms with Crippen LogP contribution in [0.1, 0.15) is 30.5 Å². The van der Waals surface area contributed by atoms with E-state index in [-0.39, 0.29) is 17.6 Å². The molecule has 0 spiro atoms. The molecule has 24 heavy (non-hydrogen) atoms. The van der Waals surface area contributed by atoms with E-state index in [1.807, 2.05) is 19.1 Å². The molecule has 0 radical (unpaired) electrons. The zero-order valence-electron chi connectivity index (χ0n) is 13.1. The maximum Gasteiger partial charge on any atom is 0.270 e. The fraction of sp³-hybridized carbons (Fsp3) is 0.167. The Morgan fingerprint density at radius 2 is 2.00 bits per heavy atom. The maximum atomic E-state index is 12.1. The van der Waals surface area contributed by atoms with E-state index in [1.165, 1.54) is 18.2 Å². The summed E-state index contributed by atoms with van der Waals surface area (Å²) in [5.74, 6) is -0.261. The van der Waals surface area contributed by atoms with Crippen LogP contribution in [-0.2, 0) is 4.79 Å². The molecule has 0 heterocycles. The molecule has 6 heteroatoms. The van der Waals surface area contributed by atoms with Crippen molar-refractivity contribution in [3.8, 4) is 0 Å². The summed E-state index contributed by atoms with van der Waals surface area (Å²) in [4.78, 5) is 22.4. The highest BCUT2D eigenvalue weighted by molar-refractivity contribution is 6.30. The Labute approximate surface area is 145 Å². The van der Waals surface area contributed by atoms with Crippen molar-refractivity contribution in [2.45, 2.75) is 19.4 Å². The number of carbonyl (C=O) groups is 1. The number of nitrogens with one attached hydrogen (secondary N) is 1. The lowest BCUT2D eigenvalue weighted by molar-refractivity contribution is -0.384. The second-order valence-electron chi connectivity index (χ2n) is 5.21. The Morgan fingerprint density at radius 3 is 2.62 bits per heavy atom. The smallest absolute Gasteiger partial charge is 0.270 e. The number of nitro groups is 1. The maximum absolute atomic E-state index is 12.1. The molecule has 0 fully saturated rings. The molecule has 2 aromatic rings. The van der Waals surface area contributed by atoms with Gasteiger partial charge in [0.1, 0.15) is 0 Å². The Balaban J connectivity index is 2.04. The highest BCUT2D eigenvalue weighted by Crippen LogP contribution is 2.19. The number of carbonyl (C=O) groups excluding carboxylic acids is 1. The zero-order valence-corrected chi connectivity index (χ0v) is 13.9. The van der Waals surface area contributed by atoms with Crippen molar-refractivity contribution in [2.24, 2.45) is 0 Å². The number of nitrogens with zero attached hydrogens (tertiary/aromatic N) is 1. The summed E-state index contributed by atoms with van der Waals surface area (Å²) in [7, 11) is 0. The first-order valence-corrected chi connectivity index (χ1v) is 7.86. The van der Waals surface area contributed by atoms with Gasteiger partial charge in [0, 0.05) is 23.2 Å². The van der Waals surface area contributed by atoms with Gasteiger partial charge in [-0.1, -0.05) is 42.8 Å². The van der Waals surface area contributed by atoms with E-state index in [0.29, 0.717) is 10.6 Å². The summed E-state index contributed by atoms with van der Waals surface area (Å²) >= 11 is 5.87. The van der Waals surface area contributed by atoms with Crippen LogP contribution in [0.2, 0.25) is 5.02 Å². The molecule has 0 bridgehead atoms. The second kappa shape index (κ2) is 8.26. The molecule has 124 valence electrons. The van der Waals surface area contributed by atoms with E-state index in [1.54, 1.807) is 30.3 Å². The third-order valence-electron chi connectivity index (χ3n) is 3.51. The van der Waals surface area contributed by atoms with Crippen molar-refractivity contribution in [3.05, 3.63) is 80.9 Å². The molecule has 1 unspecified atom stereocenters. The minimum absolute atomic E-state index is 0.00911. The summed E-state index contributed by atoms with van der Waals surface area (Å²) in [5.41, 5.74) is 1.56. The van der Waals surface area contributed by atoms with Crippen LogP contribution in [0.15, 0.2) is 54.6 Å². The lowest BCUT2D eigenvalue weighted by Gasteiger charge is -2.16. The monoisotopic (exact) mass is 344 g/mol. The molecule has 0 aromatic heterocycles. The van der Waals surface area contributed by atoms with Gasteiger partial charge in [-0.25, -0.2) is 0 Å². The molecule has 0 saturated carbocycles. The van der Waals surface area contributed by atoms with Gasteiger partial charge in [-0.15, -0.1) is 0 Å².